The van der Waals surface area contributed by atoms with Gasteiger partial charge in [0.25, 0.3) is 0 Å². The molecule has 1 amide bonds. The molecule has 0 bridgehead atoms. The number of ether oxygens (including phenoxy) is 2. The Labute approximate surface area is 143 Å². The third kappa shape index (κ3) is 4.56. The SMILES string of the molecule is COc1ccc(S[C@H](C)C(=O)N(C)C2CCCCC2)cc1OC. The maximum absolute atomic E-state index is 12.7. The third-order valence-electron chi connectivity index (χ3n) is 4.49. The Kier molecular flexibility index (Phi) is 6.63. The average molecular weight is 337 g/mol. The lowest BCUT2D eigenvalue weighted by Crippen LogP contribution is -2.42. The van der Waals surface area contributed by atoms with Crippen LogP contribution in [0.4, 0.5) is 0 Å². The standard InChI is InChI=1S/C18H27NO3S/c1-13(18(20)19(2)14-8-6-5-7-9-14)23-15-10-11-16(21-3)17(12-15)22-4/h10-14H,5-9H2,1-4H3/t13-/m1/s1. The van der Waals surface area contributed by atoms with E-state index in [0.717, 1.165) is 17.7 Å². The topological polar surface area (TPSA) is 38.8 Å². The minimum atomic E-state index is -0.111. The number of methoxy groups -OCH3 is 2. The molecule has 1 atom stereocenters. The Morgan fingerprint density at radius 2 is 1.83 bits per heavy atom. The van der Waals surface area contributed by atoms with Gasteiger partial charge in [-0.1, -0.05) is 19.3 Å². The molecule has 0 aromatic heterocycles. The molecule has 0 N–H and O–H groups in total. The van der Waals surface area contributed by atoms with Gasteiger partial charge in [0, 0.05) is 18.0 Å². The van der Waals surface area contributed by atoms with Crippen LogP contribution in [0.3, 0.4) is 0 Å². The minimum absolute atomic E-state index is 0.111. The molecule has 1 aliphatic carbocycles. The summed E-state index contributed by atoms with van der Waals surface area (Å²) in [6.45, 7) is 1.98. The molecule has 0 spiro atoms. The van der Waals surface area contributed by atoms with Crippen LogP contribution >= 0.6 is 11.8 Å². The van der Waals surface area contributed by atoms with Crippen molar-refractivity contribution in [3.05, 3.63) is 18.2 Å². The molecular weight excluding hydrogens is 310 g/mol. The van der Waals surface area contributed by atoms with Gasteiger partial charge in [0.15, 0.2) is 11.5 Å². The summed E-state index contributed by atoms with van der Waals surface area (Å²) < 4.78 is 10.6. The summed E-state index contributed by atoms with van der Waals surface area (Å²) >= 11 is 1.57. The fraction of sp³-hybridized carbons (Fsp3) is 0.611. The number of thioether (sulfide) groups is 1. The van der Waals surface area contributed by atoms with Crippen LogP contribution in [0, 0.1) is 0 Å². The van der Waals surface area contributed by atoms with Gasteiger partial charge < -0.3 is 14.4 Å². The fourth-order valence-electron chi connectivity index (χ4n) is 3.08. The first-order chi connectivity index (χ1) is 11.1. The van der Waals surface area contributed by atoms with Gasteiger partial charge in [0.05, 0.1) is 19.5 Å². The molecule has 0 aliphatic heterocycles. The zero-order chi connectivity index (χ0) is 16.8. The smallest absolute Gasteiger partial charge is 0.235 e. The second kappa shape index (κ2) is 8.48. The van der Waals surface area contributed by atoms with E-state index in [9.17, 15) is 4.79 Å². The van der Waals surface area contributed by atoms with Crippen LogP contribution < -0.4 is 9.47 Å². The van der Waals surface area contributed by atoms with Crippen molar-refractivity contribution in [3.63, 3.8) is 0 Å². The second-order valence-electron chi connectivity index (χ2n) is 6.02. The summed E-state index contributed by atoms with van der Waals surface area (Å²) in [5, 5.41) is -0.111. The Bertz CT molecular complexity index is 529. The predicted molar refractivity (Wildman–Crippen MR) is 94.5 cm³/mol. The van der Waals surface area contributed by atoms with Gasteiger partial charge >= 0.3 is 0 Å². The molecule has 5 heteroatoms. The Hall–Kier alpha value is -1.36. The molecule has 1 aliphatic rings. The molecule has 0 saturated heterocycles. The first-order valence-electron chi connectivity index (χ1n) is 8.22. The highest BCUT2D eigenvalue weighted by molar-refractivity contribution is 8.00. The first-order valence-corrected chi connectivity index (χ1v) is 9.10. The summed E-state index contributed by atoms with van der Waals surface area (Å²) in [6.07, 6.45) is 6.04. The van der Waals surface area contributed by atoms with Crippen molar-refractivity contribution >= 4 is 17.7 Å². The van der Waals surface area contributed by atoms with Crippen LogP contribution in [-0.4, -0.2) is 43.4 Å². The Balaban J connectivity index is 2.00. The average Bonchev–Trinajstić information content (AvgIpc) is 2.60. The highest BCUT2D eigenvalue weighted by atomic mass is 32.2. The molecule has 1 saturated carbocycles. The van der Waals surface area contributed by atoms with E-state index in [2.05, 4.69) is 0 Å². The molecule has 23 heavy (non-hydrogen) atoms. The summed E-state index contributed by atoms with van der Waals surface area (Å²) in [4.78, 5) is 15.6. The molecular formula is C18H27NO3S. The van der Waals surface area contributed by atoms with Gasteiger partial charge in [-0.05, 0) is 38.0 Å². The highest BCUT2D eigenvalue weighted by Gasteiger charge is 2.26. The second-order valence-corrected chi connectivity index (χ2v) is 7.43. The van der Waals surface area contributed by atoms with Crippen molar-refractivity contribution in [2.24, 2.45) is 0 Å². The van der Waals surface area contributed by atoms with Crippen molar-refractivity contribution < 1.29 is 14.3 Å². The normalized spacial score (nSPS) is 16.7. The number of benzene rings is 1. The summed E-state index contributed by atoms with van der Waals surface area (Å²) in [7, 11) is 5.19. The van der Waals surface area contributed by atoms with Crippen molar-refractivity contribution in [1.82, 2.24) is 4.90 Å². The van der Waals surface area contributed by atoms with E-state index in [4.69, 9.17) is 9.47 Å². The van der Waals surface area contributed by atoms with Crippen LogP contribution in [0.1, 0.15) is 39.0 Å². The van der Waals surface area contributed by atoms with Crippen LogP contribution in [0.15, 0.2) is 23.1 Å². The molecule has 0 radical (unpaired) electrons. The maximum atomic E-state index is 12.7. The minimum Gasteiger partial charge on any atom is -0.493 e. The Morgan fingerprint density at radius 3 is 2.43 bits per heavy atom. The van der Waals surface area contributed by atoms with Crippen molar-refractivity contribution in [1.29, 1.82) is 0 Å². The third-order valence-corrected chi connectivity index (χ3v) is 5.57. The fourth-order valence-corrected chi connectivity index (χ4v) is 4.08. The number of hydrogen-bond donors (Lipinski definition) is 0. The van der Waals surface area contributed by atoms with E-state index in [1.54, 1.807) is 26.0 Å². The molecule has 1 aromatic rings. The molecule has 1 fully saturated rings. The number of nitrogens with zero attached hydrogens (tertiary/aromatic N) is 1. The van der Waals surface area contributed by atoms with Crippen LogP contribution in [0.25, 0.3) is 0 Å². The van der Waals surface area contributed by atoms with E-state index in [1.165, 1.54) is 19.3 Å². The number of carbonyl (C=O) groups excluding carboxylic acids is 1. The zero-order valence-electron chi connectivity index (χ0n) is 14.5. The monoisotopic (exact) mass is 337 g/mol. The lowest BCUT2D eigenvalue weighted by molar-refractivity contribution is -0.131. The zero-order valence-corrected chi connectivity index (χ0v) is 15.3. The van der Waals surface area contributed by atoms with Gasteiger partial charge in [0.2, 0.25) is 5.91 Å². The van der Waals surface area contributed by atoms with Crippen molar-refractivity contribution in [3.8, 4) is 11.5 Å². The Morgan fingerprint density at radius 1 is 1.17 bits per heavy atom. The molecule has 2 rings (SSSR count). The molecule has 0 heterocycles. The maximum Gasteiger partial charge on any atom is 0.235 e. The molecule has 1 aromatic carbocycles. The van der Waals surface area contributed by atoms with Crippen molar-refractivity contribution in [2.45, 2.75) is 55.2 Å². The van der Waals surface area contributed by atoms with Gasteiger partial charge in [-0.15, -0.1) is 11.8 Å². The summed E-state index contributed by atoms with van der Waals surface area (Å²) in [6, 6.07) is 6.18. The van der Waals surface area contributed by atoms with Gasteiger partial charge in [-0.2, -0.15) is 0 Å². The lowest BCUT2D eigenvalue weighted by Gasteiger charge is -2.32. The number of hydrogen-bond acceptors (Lipinski definition) is 4. The van der Waals surface area contributed by atoms with E-state index >= 15 is 0 Å². The summed E-state index contributed by atoms with van der Waals surface area (Å²) in [5.41, 5.74) is 0. The highest BCUT2D eigenvalue weighted by Crippen LogP contribution is 2.34. The van der Waals surface area contributed by atoms with E-state index in [1.807, 2.05) is 37.1 Å². The quantitative estimate of drug-likeness (QED) is 0.736. The van der Waals surface area contributed by atoms with Gasteiger partial charge in [0.1, 0.15) is 0 Å². The largest absolute Gasteiger partial charge is 0.493 e. The number of amides is 1. The number of rotatable bonds is 6. The van der Waals surface area contributed by atoms with Gasteiger partial charge in [-0.3, -0.25) is 4.79 Å². The number of carbonyl (C=O) groups is 1. The van der Waals surface area contributed by atoms with Crippen LogP contribution in [0.5, 0.6) is 11.5 Å². The molecule has 128 valence electrons. The van der Waals surface area contributed by atoms with Crippen LogP contribution in [-0.2, 0) is 4.79 Å². The van der Waals surface area contributed by atoms with E-state index in [0.29, 0.717) is 17.5 Å². The van der Waals surface area contributed by atoms with Crippen LogP contribution in [0.2, 0.25) is 0 Å². The summed E-state index contributed by atoms with van der Waals surface area (Å²) in [5.74, 6) is 1.60. The lowest BCUT2D eigenvalue weighted by atomic mass is 9.94. The van der Waals surface area contributed by atoms with Gasteiger partial charge in [-0.25, -0.2) is 0 Å². The first kappa shape index (κ1) is 18.0. The van der Waals surface area contributed by atoms with E-state index < -0.39 is 0 Å². The van der Waals surface area contributed by atoms with Crippen molar-refractivity contribution in [2.75, 3.05) is 21.3 Å². The predicted octanol–water partition coefficient (Wildman–Crippen LogP) is 3.98. The van der Waals surface area contributed by atoms with E-state index in [-0.39, 0.29) is 11.2 Å². The molecule has 4 nitrogen and oxygen atoms in total. The molecule has 0 unspecified atom stereocenters.